The van der Waals surface area contributed by atoms with Crippen molar-refractivity contribution < 1.29 is 32.0 Å². The van der Waals surface area contributed by atoms with Crippen LogP contribution in [0.2, 0.25) is 0 Å². The van der Waals surface area contributed by atoms with Gasteiger partial charge in [0, 0.05) is 61.3 Å². The van der Waals surface area contributed by atoms with E-state index >= 15 is 0 Å². The zero-order chi connectivity index (χ0) is 34.8. The summed E-state index contributed by atoms with van der Waals surface area (Å²) in [4.78, 5) is 30.8. The molecule has 0 saturated carbocycles. The largest absolute Gasteiger partial charge is 0.484 e. The molecule has 1 amide bonds. The minimum atomic E-state index is -4.38. The molecule has 256 valence electrons. The van der Waals surface area contributed by atoms with Crippen LogP contribution < -0.4 is 9.47 Å². The Kier molecular flexibility index (Phi) is 9.25. The summed E-state index contributed by atoms with van der Waals surface area (Å²) in [6, 6.07) is 21.6. The quantitative estimate of drug-likeness (QED) is 0.152. The Morgan fingerprint density at radius 1 is 0.920 bits per heavy atom. The van der Waals surface area contributed by atoms with Crippen molar-refractivity contribution in [3.8, 4) is 40.4 Å². The molecule has 0 N–H and O–H groups in total. The lowest BCUT2D eigenvalue weighted by molar-refractivity contribution is -0.153. The summed E-state index contributed by atoms with van der Waals surface area (Å²) in [6.07, 6.45) is -1.40. The van der Waals surface area contributed by atoms with E-state index in [0.717, 1.165) is 26.5 Å². The van der Waals surface area contributed by atoms with Gasteiger partial charge in [-0.15, -0.1) is 0 Å². The molecule has 0 aliphatic carbocycles. The van der Waals surface area contributed by atoms with Crippen LogP contribution in [0.1, 0.15) is 16.1 Å². The van der Waals surface area contributed by atoms with Gasteiger partial charge in [0.15, 0.2) is 6.61 Å². The standard InChI is InChI=1S/C35H29BrF3N7O4/c1-44-29-17-27(49-31-19-40-28(18-41-31)33-42-32(43-50-33)23-4-7-25(36)8-5-23)11-6-24(29)16-30(44)34(47)46-14-12-45(13-15-46)20-22-2-9-26(10-3-22)48-21-35(37,38)39/h2-11,16-19H,12-15,20-21H2,1H3. The SMILES string of the molecule is Cn1c(C(=O)N2CCN(Cc3ccc(OCC(F)(F)F)cc3)CC2)cc2ccc(Oc3cnc(-c4nc(-c5ccc(Br)cc5)no4)cn3)cc21. The summed E-state index contributed by atoms with van der Waals surface area (Å²) in [5.74, 6) is 1.58. The molecule has 0 bridgehead atoms. The molecule has 0 radical (unpaired) electrons. The van der Waals surface area contributed by atoms with Crippen molar-refractivity contribution in [3.63, 3.8) is 0 Å². The average Bonchev–Trinajstić information content (AvgIpc) is 3.73. The Hall–Kier alpha value is -5.28. The molecular formula is C35H29BrF3N7O4. The number of piperazine rings is 1. The molecule has 1 aliphatic heterocycles. The second-order valence-corrected chi connectivity index (χ2v) is 12.6. The van der Waals surface area contributed by atoms with Crippen LogP contribution in [0.4, 0.5) is 13.2 Å². The number of aromatic nitrogens is 5. The van der Waals surface area contributed by atoms with Gasteiger partial charge in [0.05, 0.1) is 17.9 Å². The lowest BCUT2D eigenvalue weighted by atomic mass is 10.2. The third-order valence-corrected chi connectivity index (χ3v) is 8.75. The second kappa shape index (κ2) is 13.9. The Bertz CT molecular complexity index is 2110. The highest BCUT2D eigenvalue weighted by atomic mass is 79.9. The highest BCUT2D eigenvalue weighted by molar-refractivity contribution is 9.10. The third-order valence-electron chi connectivity index (χ3n) is 8.23. The molecule has 0 atom stereocenters. The van der Waals surface area contributed by atoms with Crippen molar-refractivity contribution in [3.05, 3.63) is 101 Å². The summed E-state index contributed by atoms with van der Waals surface area (Å²) in [7, 11) is 1.85. The van der Waals surface area contributed by atoms with Crippen LogP contribution in [0.5, 0.6) is 17.4 Å². The summed E-state index contributed by atoms with van der Waals surface area (Å²) >= 11 is 3.41. The predicted octanol–water partition coefficient (Wildman–Crippen LogP) is 7.14. The van der Waals surface area contributed by atoms with Crippen LogP contribution in [0, 0.1) is 0 Å². The number of nitrogens with zero attached hydrogens (tertiary/aromatic N) is 7. The summed E-state index contributed by atoms with van der Waals surface area (Å²) in [5.41, 5.74) is 3.55. The molecule has 3 aromatic heterocycles. The first kappa shape index (κ1) is 33.2. The number of aryl methyl sites for hydroxylation is 1. The number of benzene rings is 3. The van der Waals surface area contributed by atoms with E-state index in [-0.39, 0.29) is 23.4 Å². The molecule has 4 heterocycles. The molecule has 0 unspecified atom stereocenters. The van der Waals surface area contributed by atoms with Crippen LogP contribution in [-0.2, 0) is 13.6 Å². The van der Waals surface area contributed by atoms with Gasteiger partial charge in [-0.25, -0.2) is 9.97 Å². The maximum atomic E-state index is 13.6. The number of hydrogen-bond donors (Lipinski definition) is 0. The summed E-state index contributed by atoms with van der Waals surface area (Å²) in [5, 5.41) is 4.93. The maximum absolute atomic E-state index is 13.6. The molecular weight excluding hydrogens is 719 g/mol. The fourth-order valence-electron chi connectivity index (χ4n) is 5.61. The minimum absolute atomic E-state index is 0.0669. The van der Waals surface area contributed by atoms with Gasteiger partial charge >= 0.3 is 6.18 Å². The smallest absolute Gasteiger partial charge is 0.422 e. The molecule has 1 saturated heterocycles. The van der Waals surface area contributed by atoms with Crippen LogP contribution in [0.25, 0.3) is 33.9 Å². The van der Waals surface area contributed by atoms with Crippen molar-refractivity contribution in [2.75, 3.05) is 32.8 Å². The highest BCUT2D eigenvalue weighted by Crippen LogP contribution is 2.29. The van der Waals surface area contributed by atoms with Crippen molar-refractivity contribution in [2.24, 2.45) is 7.05 Å². The zero-order valence-electron chi connectivity index (χ0n) is 26.6. The van der Waals surface area contributed by atoms with Crippen molar-refractivity contribution >= 4 is 32.7 Å². The Balaban J connectivity index is 0.950. The molecule has 1 fully saturated rings. The number of alkyl halides is 3. The number of rotatable bonds is 9. The van der Waals surface area contributed by atoms with E-state index in [4.69, 9.17) is 14.0 Å². The number of hydrogen-bond acceptors (Lipinski definition) is 9. The van der Waals surface area contributed by atoms with Gasteiger partial charge in [0.1, 0.15) is 22.9 Å². The molecule has 7 rings (SSSR count). The molecule has 1 aliphatic rings. The van der Waals surface area contributed by atoms with Crippen molar-refractivity contribution in [2.45, 2.75) is 12.7 Å². The van der Waals surface area contributed by atoms with Crippen LogP contribution in [0.3, 0.4) is 0 Å². The third kappa shape index (κ3) is 7.63. The van der Waals surface area contributed by atoms with Crippen molar-refractivity contribution in [1.29, 1.82) is 0 Å². The highest BCUT2D eigenvalue weighted by Gasteiger charge is 2.28. The lowest BCUT2D eigenvalue weighted by Crippen LogP contribution is -2.48. The molecule has 0 spiro atoms. The minimum Gasteiger partial charge on any atom is -0.484 e. The number of carbonyl (C=O) groups is 1. The Morgan fingerprint density at radius 3 is 2.36 bits per heavy atom. The summed E-state index contributed by atoms with van der Waals surface area (Å²) in [6.45, 7) is 1.72. The Morgan fingerprint density at radius 2 is 1.66 bits per heavy atom. The van der Waals surface area contributed by atoms with E-state index in [2.05, 4.69) is 40.9 Å². The van der Waals surface area contributed by atoms with Gasteiger partial charge in [-0.3, -0.25) is 9.69 Å². The molecule has 6 aromatic rings. The zero-order valence-corrected chi connectivity index (χ0v) is 28.2. The van der Waals surface area contributed by atoms with Gasteiger partial charge in [0.2, 0.25) is 11.7 Å². The van der Waals surface area contributed by atoms with E-state index in [1.165, 1.54) is 12.4 Å². The maximum Gasteiger partial charge on any atom is 0.422 e. The number of carbonyl (C=O) groups excluding carboxylic acids is 1. The normalized spacial score (nSPS) is 13.9. The Labute approximate surface area is 292 Å². The van der Waals surface area contributed by atoms with Crippen LogP contribution in [0.15, 0.2) is 94.2 Å². The fourth-order valence-corrected chi connectivity index (χ4v) is 5.87. The fraction of sp³-hybridized carbons (Fsp3) is 0.229. The van der Waals surface area contributed by atoms with Crippen LogP contribution in [-0.4, -0.2) is 79.3 Å². The topological polar surface area (TPSA) is 112 Å². The number of ether oxygens (including phenoxy) is 2. The first-order chi connectivity index (χ1) is 24.1. The predicted molar refractivity (Wildman–Crippen MR) is 181 cm³/mol. The summed E-state index contributed by atoms with van der Waals surface area (Å²) < 4.78 is 56.2. The van der Waals surface area contributed by atoms with Gasteiger partial charge < -0.3 is 23.5 Å². The lowest BCUT2D eigenvalue weighted by Gasteiger charge is -2.34. The van der Waals surface area contributed by atoms with Gasteiger partial charge in [-0.05, 0) is 60.2 Å². The molecule has 15 heteroatoms. The van der Waals surface area contributed by atoms with E-state index in [1.807, 2.05) is 65.0 Å². The second-order valence-electron chi connectivity index (χ2n) is 11.7. The number of fused-ring (bicyclic) bond motifs is 1. The molecule has 50 heavy (non-hydrogen) atoms. The molecule has 11 nitrogen and oxygen atoms in total. The van der Waals surface area contributed by atoms with Crippen molar-refractivity contribution in [1.82, 2.24) is 34.5 Å². The number of amides is 1. The van der Waals surface area contributed by atoms with Gasteiger partial charge in [-0.1, -0.05) is 33.2 Å². The average molecular weight is 749 g/mol. The molecule has 3 aromatic carbocycles. The van der Waals surface area contributed by atoms with Gasteiger partial charge in [0.25, 0.3) is 11.8 Å². The van der Waals surface area contributed by atoms with E-state index in [0.29, 0.717) is 55.7 Å². The van der Waals surface area contributed by atoms with Crippen LogP contribution >= 0.6 is 15.9 Å². The first-order valence-electron chi connectivity index (χ1n) is 15.6. The number of halogens is 4. The van der Waals surface area contributed by atoms with E-state index < -0.39 is 12.8 Å². The monoisotopic (exact) mass is 747 g/mol. The van der Waals surface area contributed by atoms with Gasteiger partial charge in [-0.2, -0.15) is 18.2 Å². The van der Waals surface area contributed by atoms with E-state index in [9.17, 15) is 18.0 Å². The first-order valence-corrected chi connectivity index (χ1v) is 16.4. The van der Waals surface area contributed by atoms with E-state index in [1.54, 1.807) is 24.3 Å².